The molecule has 3 N–H and O–H groups in total. The molecule has 0 bridgehead atoms. The van der Waals surface area contributed by atoms with Gasteiger partial charge in [0.25, 0.3) is 0 Å². The zero-order valence-electron chi connectivity index (χ0n) is 19.0. The minimum absolute atomic E-state index is 0.0656. The first-order valence-electron chi connectivity index (χ1n) is 11.0. The van der Waals surface area contributed by atoms with Crippen molar-refractivity contribution in [1.29, 1.82) is 0 Å². The molecule has 31 heavy (non-hydrogen) atoms. The summed E-state index contributed by atoms with van der Waals surface area (Å²) in [5.41, 5.74) is -0.686. The maximum absolute atomic E-state index is 13.2. The van der Waals surface area contributed by atoms with Gasteiger partial charge in [0.15, 0.2) is 0 Å². The summed E-state index contributed by atoms with van der Waals surface area (Å²) < 4.78 is 0. The van der Waals surface area contributed by atoms with Crippen molar-refractivity contribution >= 4 is 29.9 Å². The van der Waals surface area contributed by atoms with Crippen LogP contribution in [0.25, 0.3) is 0 Å². The van der Waals surface area contributed by atoms with Crippen LogP contribution in [0.3, 0.4) is 0 Å². The average molecular weight is 435 g/mol. The Balaban J connectivity index is 1.71. The summed E-state index contributed by atoms with van der Waals surface area (Å²) in [5, 5.41) is 8.17. The van der Waals surface area contributed by atoms with E-state index in [2.05, 4.69) is 16.0 Å². The minimum atomic E-state index is -0.817. The third-order valence-electron chi connectivity index (χ3n) is 6.85. The highest BCUT2D eigenvalue weighted by Gasteiger charge is 2.69. The number of amides is 4. The molecule has 3 fully saturated rings. The molecule has 5 atom stereocenters. The predicted octanol–water partition coefficient (Wildman–Crippen LogP) is -0.0159. The van der Waals surface area contributed by atoms with Crippen LogP contribution in [0.5, 0.6) is 0 Å². The van der Waals surface area contributed by atoms with Crippen LogP contribution in [0.1, 0.15) is 53.9 Å². The van der Waals surface area contributed by atoms with Crippen LogP contribution in [0.2, 0.25) is 0 Å². The number of carbonyl (C=O) groups is 5. The lowest BCUT2D eigenvalue weighted by Crippen LogP contribution is -2.57. The quantitative estimate of drug-likeness (QED) is 0.414. The molecule has 0 aromatic heterocycles. The van der Waals surface area contributed by atoms with Crippen molar-refractivity contribution in [3.63, 3.8) is 0 Å². The Bertz CT molecular complexity index is 787. The van der Waals surface area contributed by atoms with Crippen molar-refractivity contribution in [1.82, 2.24) is 20.9 Å². The number of likely N-dealkylation sites (tertiary alicyclic amines) is 1. The third-order valence-corrected chi connectivity index (χ3v) is 6.85. The summed E-state index contributed by atoms with van der Waals surface area (Å²) in [5.74, 6) is -2.27. The molecule has 1 saturated carbocycles. The van der Waals surface area contributed by atoms with Crippen LogP contribution in [0.15, 0.2) is 0 Å². The number of hydrogen-bond donors (Lipinski definition) is 3. The number of rotatable bonds is 5. The molecule has 4 amide bonds. The summed E-state index contributed by atoms with van der Waals surface area (Å²) >= 11 is 0. The van der Waals surface area contributed by atoms with Gasteiger partial charge < -0.3 is 25.6 Å². The molecule has 0 spiro atoms. The molecule has 9 nitrogen and oxygen atoms in total. The molecule has 1 aliphatic carbocycles. The zero-order chi connectivity index (χ0) is 23.1. The zero-order valence-corrected chi connectivity index (χ0v) is 19.0. The summed E-state index contributed by atoms with van der Waals surface area (Å²) in [6.07, 6.45) is 2.37. The fraction of sp³-hybridized carbons (Fsp3) is 0.773. The standard InChI is InChI=1S/C22H34N4O5/c1-21(2,3)25-19(30)20(31)26-10-14-15(22(14,4)5)16(26)18(29)24-13(11-27)9-12-7-6-8-23-17(12)28/h11-16H,6-10H2,1-5H3,(H,23,28)(H,24,29)(H,25,30)/t12-,13-,14?,15-,16-/m0/s1. The number of nitrogens with one attached hydrogen (secondary N) is 3. The molecule has 0 radical (unpaired) electrons. The van der Waals surface area contributed by atoms with Crippen molar-refractivity contribution in [3.05, 3.63) is 0 Å². The average Bonchev–Trinajstić information content (AvgIpc) is 3.02. The highest BCUT2D eigenvalue weighted by atomic mass is 16.2. The maximum atomic E-state index is 13.2. The minimum Gasteiger partial charge on any atom is -0.356 e. The summed E-state index contributed by atoms with van der Waals surface area (Å²) in [7, 11) is 0. The van der Waals surface area contributed by atoms with Gasteiger partial charge in [-0.3, -0.25) is 19.2 Å². The molecule has 3 rings (SSSR count). The Morgan fingerprint density at radius 3 is 2.55 bits per heavy atom. The van der Waals surface area contributed by atoms with E-state index in [1.165, 1.54) is 4.90 Å². The molecular formula is C22H34N4O5. The number of aldehydes is 1. The van der Waals surface area contributed by atoms with Gasteiger partial charge in [-0.15, -0.1) is 0 Å². The first-order chi connectivity index (χ1) is 14.4. The van der Waals surface area contributed by atoms with Crippen molar-refractivity contribution in [2.24, 2.45) is 23.2 Å². The number of carbonyl (C=O) groups excluding carboxylic acids is 5. The molecule has 9 heteroatoms. The van der Waals surface area contributed by atoms with E-state index in [0.29, 0.717) is 25.8 Å². The van der Waals surface area contributed by atoms with Crippen LogP contribution in [-0.4, -0.2) is 65.5 Å². The van der Waals surface area contributed by atoms with Crippen LogP contribution < -0.4 is 16.0 Å². The lowest BCUT2D eigenvalue weighted by Gasteiger charge is -2.32. The highest BCUT2D eigenvalue weighted by Crippen LogP contribution is 2.64. The monoisotopic (exact) mass is 434 g/mol. The van der Waals surface area contributed by atoms with Gasteiger partial charge in [-0.25, -0.2) is 0 Å². The normalized spacial score (nSPS) is 30.0. The fourth-order valence-corrected chi connectivity index (χ4v) is 5.10. The molecule has 2 heterocycles. The van der Waals surface area contributed by atoms with Crippen molar-refractivity contribution in [2.45, 2.75) is 71.5 Å². The summed E-state index contributed by atoms with van der Waals surface area (Å²) in [6.45, 7) is 10.4. The molecule has 172 valence electrons. The van der Waals surface area contributed by atoms with E-state index < -0.39 is 35.3 Å². The van der Waals surface area contributed by atoms with E-state index in [0.717, 1.165) is 6.42 Å². The fourth-order valence-electron chi connectivity index (χ4n) is 5.10. The van der Waals surface area contributed by atoms with E-state index in [9.17, 15) is 24.0 Å². The van der Waals surface area contributed by atoms with Gasteiger partial charge in [0, 0.05) is 24.5 Å². The predicted molar refractivity (Wildman–Crippen MR) is 113 cm³/mol. The van der Waals surface area contributed by atoms with Crippen LogP contribution >= 0.6 is 0 Å². The molecular weight excluding hydrogens is 400 g/mol. The van der Waals surface area contributed by atoms with E-state index >= 15 is 0 Å². The number of nitrogens with zero attached hydrogens (tertiary/aromatic N) is 1. The molecule has 3 aliphatic rings. The second-order valence-electron chi connectivity index (χ2n) is 10.7. The van der Waals surface area contributed by atoms with Gasteiger partial charge in [-0.05, 0) is 57.3 Å². The van der Waals surface area contributed by atoms with Crippen LogP contribution in [0, 0.1) is 23.2 Å². The lowest BCUT2D eigenvalue weighted by atomic mass is 9.91. The largest absolute Gasteiger partial charge is 0.356 e. The van der Waals surface area contributed by atoms with Crippen molar-refractivity contribution in [2.75, 3.05) is 13.1 Å². The number of piperidine rings is 2. The molecule has 0 aromatic rings. The Morgan fingerprint density at radius 1 is 1.29 bits per heavy atom. The molecule has 1 unspecified atom stereocenters. The summed E-state index contributed by atoms with van der Waals surface area (Å²) in [4.78, 5) is 63.5. The Labute approximate surface area is 183 Å². The smallest absolute Gasteiger partial charge is 0.312 e. The first kappa shape index (κ1) is 23.2. The second kappa shape index (κ2) is 8.24. The van der Waals surface area contributed by atoms with Gasteiger partial charge in [-0.2, -0.15) is 0 Å². The van der Waals surface area contributed by atoms with Gasteiger partial charge in [0.05, 0.1) is 6.04 Å². The van der Waals surface area contributed by atoms with E-state index in [1.54, 1.807) is 20.8 Å². The van der Waals surface area contributed by atoms with Crippen LogP contribution in [-0.2, 0) is 24.0 Å². The highest BCUT2D eigenvalue weighted by molar-refractivity contribution is 6.35. The van der Waals surface area contributed by atoms with E-state index in [-0.39, 0.29) is 35.5 Å². The van der Waals surface area contributed by atoms with Crippen molar-refractivity contribution < 1.29 is 24.0 Å². The third kappa shape index (κ3) is 4.75. The first-order valence-corrected chi connectivity index (χ1v) is 11.0. The Hall–Kier alpha value is -2.45. The SMILES string of the molecule is CC(C)(C)NC(=O)C(=O)N1CC2[C@@H]([C@H]1C(=O)N[C@H](C=O)C[C@@H]1CCCNC1=O)C2(C)C. The lowest BCUT2D eigenvalue weighted by molar-refractivity contribution is -0.150. The van der Waals surface area contributed by atoms with Gasteiger partial charge in [0.2, 0.25) is 11.8 Å². The van der Waals surface area contributed by atoms with E-state index in [1.807, 2.05) is 13.8 Å². The second-order valence-corrected chi connectivity index (χ2v) is 10.7. The maximum Gasteiger partial charge on any atom is 0.312 e. The Kier molecular flexibility index (Phi) is 6.17. The topological polar surface area (TPSA) is 125 Å². The van der Waals surface area contributed by atoms with Crippen LogP contribution in [0.4, 0.5) is 0 Å². The van der Waals surface area contributed by atoms with Crippen molar-refractivity contribution in [3.8, 4) is 0 Å². The molecule has 0 aromatic carbocycles. The van der Waals surface area contributed by atoms with Gasteiger partial charge in [-0.1, -0.05) is 13.8 Å². The number of fused-ring (bicyclic) bond motifs is 1. The van der Waals surface area contributed by atoms with Gasteiger partial charge >= 0.3 is 11.8 Å². The molecule has 2 saturated heterocycles. The number of hydrogen-bond acceptors (Lipinski definition) is 5. The Morgan fingerprint density at radius 2 is 1.97 bits per heavy atom. The summed E-state index contributed by atoms with van der Waals surface area (Å²) in [6, 6.07) is -1.62. The molecule has 2 aliphatic heterocycles. The van der Waals surface area contributed by atoms with E-state index in [4.69, 9.17) is 0 Å². The van der Waals surface area contributed by atoms with Gasteiger partial charge in [0.1, 0.15) is 12.3 Å².